The summed E-state index contributed by atoms with van der Waals surface area (Å²) in [6.45, 7) is 6.46. The van der Waals surface area contributed by atoms with Crippen molar-refractivity contribution in [3.63, 3.8) is 0 Å². The van der Waals surface area contributed by atoms with E-state index in [0.717, 1.165) is 5.82 Å². The predicted octanol–water partition coefficient (Wildman–Crippen LogP) is 0.825. The van der Waals surface area contributed by atoms with Crippen molar-refractivity contribution in [2.45, 2.75) is 26.8 Å². The van der Waals surface area contributed by atoms with Crippen LogP contribution in [-0.2, 0) is 0 Å². The molecule has 0 saturated heterocycles. The number of nitrogens with one attached hydrogen (secondary N) is 1. The van der Waals surface area contributed by atoms with Crippen molar-refractivity contribution >= 4 is 17.6 Å². The van der Waals surface area contributed by atoms with Gasteiger partial charge in [-0.05, 0) is 12.8 Å². The largest absolute Gasteiger partial charge is 0.368 e. The summed E-state index contributed by atoms with van der Waals surface area (Å²) in [5, 5.41) is 0. The van der Waals surface area contributed by atoms with Crippen LogP contribution in [0.2, 0.25) is 0 Å². The molecule has 6 nitrogen and oxygen atoms in total. The van der Waals surface area contributed by atoms with Gasteiger partial charge < -0.3 is 16.1 Å². The minimum absolute atomic E-state index is 0.216. The Labute approximate surface area is 96.0 Å². The van der Waals surface area contributed by atoms with Crippen LogP contribution < -0.4 is 21.9 Å². The minimum atomic E-state index is 0.216. The second kappa shape index (κ2) is 4.98. The Bertz CT molecular complexity index is 351. The molecule has 1 aromatic rings. The first kappa shape index (κ1) is 12.5. The second-order valence-corrected chi connectivity index (χ2v) is 4.21. The van der Waals surface area contributed by atoms with Gasteiger partial charge in [0.15, 0.2) is 0 Å². The molecule has 0 bridgehead atoms. The number of hydrogen-bond acceptors (Lipinski definition) is 6. The van der Waals surface area contributed by atoms with E-state index in [9.17, 15) is 0 Å². The van der Waals surface area contributed by atoms with E-state index >= 15 is 0 Å². The van der Waals surface area contributed by atoms with Crippen LogP contribution in [0.5, 0.6) is 0 Å². The molecule has 0 aliphatic rings. The van der Waals surface area contributed by atoms with Gasteiger partial charge in [-0.2, -0.15) is 9.97 Å². The maximum Gasteiger partial charge on any atom is 0.223 e. The lowest BCUT2D eigenvalue weighted by molar-refractivity contribution is 0.503. The molecule has 1 heterocycles. The van der Waals surface area contributed by atoms with Crippen molar-refractivity contribution in [2.75, 3.05) is 23.1 Å². The fraction of sp³-hybridized carbons (Fsp3) is 0.600. The van der Waals surface area contributed by atoms with Gasteiger partial charge >= 0.3 is 0 Å². The van der Waals surface area contributed by atoms with Crippen LogP contribution in [0.4, 0.5) is 17.6 Å². The van der Waals surface area contributed by atoms with Gasteiger partial charge in [0.25, 0.3) is 0 Å². The maximum atomic E-state index is 5.60. The highest BCUT2D eigenvalue weighted by Crippen LogP contribution is 2.19. The molecule has 90 valence electrons. The van der Waals surface area contributed by atoms with Gasteiger partial charge in [-0.25, -0.2) is 5.84 Å². The van der Waals surface area contributed by atoms with Crippen molar-refractivity contribution in [1.29, 1.82) is 0 Å². The van der Waals surface area contributed by atoms with Crippen LogP contribution in [-0.4, -0.2) is 23.1 Å². The highest BCUT2D eigenvalue weighted by molar-refractivity contribution is 5.52. The highest BCUT2D eigenvalue weighted by atomic mass is 15.3. The minimum Gasteiger partial charge on any atom is -0.368 e. The lowest BCUT2D eigenvalue weighted by Crippen LogP contribution is -2.34. The number of nitrogens with two attached hydrogens (primary N) is 2. The molecule has 0 radical (unpaired) electrons. The second-order valence-electron chi connectivity index (χ2n) is 4.21. The monoisotopic (exact) mass is 224 g/mol. The molecule has 0 spiro atoms. The van der Waals surface area contributed by atoms with E-state index in [0.29, 0.717) is 17.8 Å². The Hall–Kier alpha value is -1.56. The Morgan fingerprint density at radius 1 is 1.31 bits per heavy atom. The Balaban J connectivity index is 2.98. The molecule has 0 aliphatic heterocycles. The van der Waals surface area contributed by atoms with Gasteiger partial charge in [-0.1, -0.05) is 13.8 Å². The molecule has 5 N–H and O–H groups in total. The highest BCUT2D eigenvalue weighted by Gasteiger charge is 2.15. The SMILES string of the molecule is CC(C)C(C)N(C)c1cc(NN)nc(N)n1. The summed E-state index contributed by atoms with van der Waals surface area (Å²) in [5.74, 6) is 7.33. The normalized spacial score (nSPS) is 12.6. The first-order valence-corrected chi connectivity index (χ1v) is 5.29. The van der Waals surface area contributed by atoms with E-state index < -0.39 is 0 Å². The molecule has 0 fully saturated rings. The average Bonchev–Trinajstić information content (AvgIpc) is 2.25. The van der Waals surface area contributed by atoms with Gasteiger partial charge in [-0.15, -0.1) is 0 Å². The quantitative estimate of drug-likeness (QED) is 0.518. The number of nitrogen functional groups attached to an aromatic ring is 2. The van der Waals surface area contributed by atoms with E-state index in [-0.39, 0.29) is 5.95 Å². The predicted molar refractivity (Wildman–Crippen MR) is 67.0 cm³/mol. The number of hydrazine groups is 1. The van der Waals surface area contributed by atoms with Crippen LogP contribution in [0, 0.1) is 5.92 Å². The molecule has 0 saturated carbocycles. The van der Waals surface area contributed by atoms with Crippen LogP contribution in [0.15, 0.2) is 6.07 Å². The van der Waals surface area contributed by atoms with Gasteiger partial charge in [0, 0.05) is 19.2 Å². The van der Waals surface area contributed by atoms with E-state index in [1.165, 1.54) is 0 Å². The van der Waals surface area contributed by atoms with Crippen molar-refractivity contribution < 1.29 is 0 Å². The van der Waals surface area contributed by atoms with Crippen LogP contribution in [0.25, 0.3) is 0 Å². The van der Waals surface area contributed by atoms with Crippen molar-refractivity contribution in [1.82, 2.24) is 9.97 Å². The Morgan fingerprint density at radius 3 is 2.44 bits per heavy atom. The molecule has 16 heavy (non-hydrogen) atoms. The molecule has 6 heteroatoms. The van der Waals surface area contributed by atoms with Crippen LogP contribution in [0.3, 0.4) is 0 Å². The third-order valence-corrected chi connectivity index (χ3v) is 2.81. The summed E-state index contributed by atoms with van der Waals surface area (Å²) in [7, 11) is 1.98. The number of aromatic nitrogens is 2. The molecule has 0 aromatic carbocycles. The van der Waals surface area contributed by atoms with Gasteiger partial charge in [-0.3, -0.25) is 0 Å². The molecule has 1 unspecified atom stereocenters. The number of hydrogen-bond donors (Lipinski definition) is 3. The van der Waals surface area contributed by atoms with Gasteiger partial charge in [0.05, 0.1) is 0 Å². The average molecular weight is 224 g/mol. The standard InChI is InChI=1S/C10H20N6/c1-6(2)7(3)16(4)9-5-8(15-12)13-10(11)14-9/h5-7H,12H2,1-4H3,(H3,11,13,14,15). The molecule has 0 amide bonds. The van der Waals surface area contributed by atoms with Gasteiger partial charge in [0.2, 0.25) is 5.95 Å². The van der Waals surface area contributed by atoms with E-state index in [4.69, 9.17) is 11.6 Å². The zero-order chi connectivity index (χ0) is 12.3. The smallest absolute Gasteiger partial charge is 0.223 e. The van der Waals surface area contributed by atoms with Gasteiger partial charge in [0.1, 0.15) is 11.6 Å². The molecular weight excluding hydrogens is 204 g/mol. The Kier molecular flexibility index (Phi) is 3.89. The van der Waals surface area contributed by atoms with Crippen molar-refractivity contribution in [3.05, 3.63) is 6.07 Å². The first-order valence-electron chi connectivity index (χ1n) is 5.29. The lowest BCUT2D eigenvalue weighted by atomic mass is 10.1. The van der Waals surface area contributed by atoms with Crippen LogP contribution in [0.1, 0.15) is 20.8 Å². The van der Waals surface area contributed by atoms with E-state index in [1.807, 2.05) is 7.05 Å². The third kappa shape index (κ3) is 2.73. The van der Waals surface area contributed by atoms with Crippen LogP contribution >= 0.6 is 0 Å². The fourth-order valence-electron chi connectivity index (χ4n) is 1.36. The van der Waals surface area contributed by atoms with E-state index in [1.54, 1.807) is 6.07 Å². The Morgan fingerprint density at radius 2 is 1.94 bits per heavy atom. The number of nitrogens with zero attached hydrogens (tertiary/aromatic N) is 3. The van der Waals surface area contributed by atoms with E-state index in [2.05, 4.69) is 41.1 Å². The number of rotatable bonds is 4. The molecule has 1 atom stereocenters. The summed E-state index contributed by atoms with van der Waals surface area (Å²) in [5.41, 5.74) is 8.08. The zero-order valence-corrected chi connectivity index (χ0v) is 10.2. The third-order valence-electron chi connectivity index (χ3n) is 2.81. The topological polar surface area (TPSA) is 93.1 Å². The summed E-state index contributed by atoms with van der Waals surface area (Å²) in [4.78, 5) is 10.2. The molecule has 1 aromatic heterocycles. The van der Waals surface area contributed by atoms with Crippen molar-refractivity contribution in [2.24, 2.45) is 11.8 Å². The van der Waals surface area contributed by atoms with Crippen molar-refractivity contribution in [3.8, 4) is 0 Å². The molecule has 0 aliphatic carbocycles. The maximum absolute atomic E-state index is 5.60. The summed E-state index contributed by atoms with van der Waals surface area (Å²) < 4.78 is 0. The summed E-state index contributed by atoms with van der Waals surface area (Å²) in [6.07, 6.45) is 0. The molecule has 1 rings (SSSR count). The lowest BCUT2D eigenvalue weighted by Gasteiger charge is -2.29. The molecular formula is C10H20N6. The zero-order valence-electron chi connectivity index (χ0n) is 10.2. The fourth-order valence-corrected chi connectivity index (χ4v) is 1.36. The summed E-state index contributed by atoms with van der Waals surface area (Å²) >= 11 is 0. The number of anilines is 3. The first-order chi connectivity index (χ1) is 7.45. The summed E-state index contributed by atoms with van der Waals surface area (Å²) in [6, 6.07) is 2.13.